The van der Waals surface area contributed by atoms with E-state index in [0.29, 0.717) is 22.3 Å². The molecule has 8 heteroatoms. The van der Waals surface area contributed by atoms with Gasteiger partial charge in [-0.1, -0.05) is 49.1 Å². The number of hydrogen-bond acceptors (Lipinski definition) is 5. The van der Waals surface area contributed by atoms with Crippen LogP contribution in [0.3, 0.4) is 0 Å². The fourth-order valence-electron chi connectivity index (χ4n) is 5.49. The Balaban J connectivity index is 1.45. The number of amides is 2. The van der Waals surface area contributed by atoms with Gasteiger partial charge in [0.25, 0.3) is 5.91 Å². The van der Waals surface area contributed by atoms with Crippen LogP contribution in [0.5, 0.6) is 0 Å². The van der Waals surface area contributed by atoms with Crippen LogP contribution < -0.4 is 0 Å². The third-order valence-corrected chi connectivity index (χ3v) is 8.77. The summed E-state index contributed by atoms with van der Waals surface area (Å²) >= 11 is 6.90. The fourth-order valence-corrected chi connectivity index (χ4v) is 6.75. The number of para-hydroxylation sites is 1. The van der Waals surface area contributed by atoms with Gasteiger partial charge in [0.2, 0.25) is 5.91 Å². The third-order valence-electron chi connectivity index (χ3n) is 7.39. The van der Waals surface area contributed by atoms with Gasteiger partial charge in [0.05, 0.1) is 23.1 Å². The quantitative estimate of drug-likeness (QED) is 0.404. The average molecular weight is 512 g/mol. The van der Waals surface area contributed by atoms with Crippen LogP contribution in [0.4, 0.5) is 0 Å². The van der Waals surface area contributed by atoms with E-state index in [0.717, 1.165) is 61.7 Å². The second-order valence-electron chi connectivity index (χ2n) is 9.74. The van der Waals surface area contributed by atoms with Gasteiger partial charge in [-0.25, -0.2) is 0 Å². The van der Waals surface area contributed by atoms with Crippen molar-refractivity contribution in [2.75, 3.05) is 19.7 Å². The minimum absolute atomic E-state index is 0.0544. The highest BCUT2D eigenvalue weighted by Gasteiger charge is 2.35. The summed E-state index contributed by atoms with van der Waals surface area (Å²) < 4.78 is 8.39. The van der Waals surface area contributed by atoms with Crippen LogP contribution in [-0.2, 0) is 27.3 Å². The molecule has 1 aromatic carbocycles. The van der Waals surface area contributed by atoms with Gasteiger partial charge in [-0.2, -0.15) is 0 Å². The van der Waals surface area contributed by atoms with Crippen molar-refractivity contribution in [1.29, 1.82) is 0 Å². The Morgan fingerprint density at radius 3 is 2.86 bits per heavy atom. The molecule has 3 fully saturated rings. The van der Waals surface area contributed by atoms with Crippen molar-refractivity contribution < 1.29 is 14.3 Å². The van der Waals surface area contributed by atoms with E-state index in [1.165, 1.54) is 23.7 Å². The van der Waals surface area contributed by atoms with Crippen LogP contribution in [0.2, 0.25) is 0 Å². The largest absolute Gasteiger partial charge is 0.376 e. The van der Waals surface area contributed by atoms with Crippen molar-refractivity contribution in [3.8, 4) is 0 Å². The Bertz CT molecular complexity index is 1180. The highest BCUT2D eigenvalue weighted by Crippen LogP contribution is 2.36. The first-order valence-corrected chi connectivity index (χ1v) is 14.0. The highest BCUT2D eigenvalue weighted by atomic mass is 32.2. The smallest absolute Gasteiger partial charge is 0.266 e. The molecular weight excluding hydrogens is 478 g/mol. The van der Waals surface area contributed by atoms with Gasteiger partial charge in [-0.3, -0.25) is 14.5 Å². The van der Waals surface area contributed by atoms with Gasteiger partial charge in [0, 0.05) is 36.3 Å². The molecule has 0 N–H and O–H groups in total. The number of ether oxygens (including phenoxy) is 1. The molecule has 6 nitrogen and oxygen atoms in total. The minimum atomic E-state index is -0.0544. The molecule has 0 aliphatic carbocycles. The lowest BCUT2D eigenvalue weighted by molar-refractivity contribution is -0.135. The molecule has 4 heterocycles. The molecular formula is C27H33N3O3S2. The van der Waals surface area contributed by atoms with Gasteiger partial charge in [0.15, 0.2) is 0 Å². The third kappa shape index (κ3) is 4.93. The van der Waals surface area contributed by atoms with Crippen molar-refractivity contribution in [2.24, 2.45) is 0 Å². The molecule has 186 valence electrons. The van der Waals surface area contributed by atoms with E-state index in [-0.39, 0.29) is 24.0 Å². The average Bonchev–Trinajstić information content (AvgIpc) is 3.55. The van der Waals surface area contributed by atoms with E-state index in [1.54, 1.807) is 4.90 Å². The van der Waals surface area contributed by atoms with E-state index in [2.05, 4.69) is 36.6 Å². The predicted molar refractivity (Wildman–Crippen MR) is 145 cm³/mol. The summed E-state index contributed by atoms with van der Waals surface area (Å²) in [5, 5.41) is 1.06. The summed E-state index contributed by atoms with van der Waals surface area (Å²) in [4.78, 5) is 30.8. The molecule has 2 atom stereocenters. The maximum Gasteiger partial charge on any atom is 0.266 e. The lowest BCUT2D eigenvalue weighted by Gasteiger charge is -2.33. The Morgan fingerprint density at radius 2 is 2.11 bits per heavy atom. The molecule has 2 aromatic rings. The van der Waals surface area contributed by atoms with Crippen LogP contribution in [0.15, 0.2) is 29.3 Å². The second-order valence-corrected chi connectivity index (χ2v) is 11.4. The number of benzene rings is 1. The number of carbonyl (C=O) groups excluding carboxylic acids is 2. The number of aromatic nitrogens is 1. The molecule has 3 aliphatic rings. The topological polar surface area (TPSA) is 54.8 Å². The van der Waals surface area contributed by atoms with Crippen LogP contribution in [-0.4, -0.2) is 62.3 Å². The number of fused-ring (bicyclic) bond motifs is 1. The standard InChI is InChI=1S/C27H33N3O3S2/c1-3-19-9-6-11-22-20(14-23-26(32)30(27(34)35-23)16-21-10-7-13-33-21)15-28(25(19)22)17-24(31)29-12-5-4-8-18(29)2/h6,9,11,14-15,18,21H,3-5,7-8,10,12-13,16-17H2,1-2H3/b23-14-/t18-,21+/m1/s1. The summed E-state index contributed by atoms with van der Waals surface area (Å²) in [6.07, 6.45) is 10.2. The van der Waals surface area contributed by atoms with Gasteiger partial charge in [0.1, 0.15) is 10.9 Å². The summed E-state index contributed by atoms with van der Waals surface area (Å²) in [7, 11) is 0. The SMILES string of the molecule is CCc1cccc2c(/C=C3\SC(=S)N(C[C@@H]4CCCO4)C3=O)cn(CC(=O)N3CCCC[C@H]3C)c12. The van der Waals surface area contributed by atoms with Crippen LogP contribution in [0.25, 0.3) is 17.0 Å². The van der Waals surface area contributed by atoms with Crippen molar-refractivity contribution >= 4 is 57.1 Å². The maximum atomic E-state index is 13.3. The molecule has 0 saturated carbocycles. The summed E-state index contributed by atoms with van der Waals surface area (Å²) in [6, 6.07) is 6.55. The predicted octanol–water partition coefficient (Wildman–Crippen LogP) is 4.98. The van der Waals surface area contributed by atoms with Crippen molar-refractivity contribution in [3.05, 3.63) is 40.4 Å². The minimum Gasteiger partial charge on any atom is -0.376 e. The number of likely N-dealkylation sites (tertiary alicyclic amines) is 1. The normalized spacial score (nSPS) is 24.3. The second kappa shape index (κ2) is 10.4. The summed E-state index contributed by atoms with van der Waals surface area (Å²) in [5.74, 6) is 0.107. The molecule has 0 spiro atoms. The fraction of sp³-hybridized carbons (Fsp3) is 0.519. The molecule has 1 aromatic heterocycles. The zero-order valence-corrected chi connectivity index (χ0v) is 22.1. The van der Waals surface area contributed by atoms with E-state index in [4.69, 9.17) is 17.0 Å². The molecule has 3 saturated heterocycles. The highest BCUT2D eigenvalue weighted by molar-refractivity contribution is 8.26. The number of rotatable bonds is 6. The van der Waals surface area contributed by atoms with Crippen molar-refractivity contribution in [2.45, 2.75) is 71.1 Å². The lowest BCUT2D eigenvalue weighted by Crippen LogP contribution is -2.43. The number of thioether (sulfide) groups is 1. The molecule has 35 heavy (non-hydrogen) atoms. The maximum absolute atomic E-state index is 13.3. The van der Waals surface area contributed by atoms with E-state index in [9.17, 15) is 9.59 Å². The van der Waals surface area contributed by atoms with Gasteiger partial charge in [-0.15, -0.1) is 0 Å². The molecule has 3 aliphatic heterocycles. The number of thiocarbonyl (C=S) groups is 1. The lowest BCUT2D eigenvalue weighted by atomic mass is 10.0. The number of carbonyl (C=O) groups is 2. The van der Waals surface area contributed by atoms with Gasteiger partial charge < -0.3 is 14.2 Å². The Morgan fingerprint density at radius 1 is 1.26 bits per heavy atom. The number of nitrogens with zero attached hydrogens (tertiary/aromatic N) is 3. The molecule has 0 unspecified atom stereocenters. The van der Waals surface area contributed by atoms with Gasteiger partial charge >= 0.3 is 0 Å². The number of hydrogen-bond donors (Lipinski definition) is 0. The Hall–Kier alpha value is -2.16. The first kappa shape index (κ1) is 24.5. The Labute approximate surface area is 216 Å². The van der Waals surface area contributed by atoms with Crippen molar-refractivity contribution in [3.63, 3.8) is 0 Å². The summed E-state index contributed by atoms with van der Waals surface area (Å²) in [6.45, 7) is 6.70. The van der Waals surface area contributed by atoms with Crippen molar-refractivity contribution in [1.82, 2.24) is 14.4 Å². The summed E-state index contributed by atoms with van der Waals surface area (Å²) in [5.41, 5.74) is 3.23. The van der Waals surface area contributed by atoms with E-state index >= 15 is 0 Å². The first-order valence-electron chi connectivity index (χ1n) is 12.7. The first-order chi connectivity index (χ1) is 17.0. The van der Waals surface area contributed by atoms with E-state index < -0.39 is 0 Å². The molecule has 0 radical (unpaired) electrons. The molecule has 5 rings (SSSR count). The molecule has 2 amide bonds. The number of piperidine rings is 1. The van der Waals surface area contributed by atoms with E-state index in [1.807, 2.05) is 17.2 Å². The number of aryl methyl sites for hydroxylation is 1. The van der Waals surface area contributed by atoms with Gasteiger partial charge in [-0.05, 0) is 57.1 Å². The monoisotopic (exact) mass is 511 g/mol. The Kier molecular flexibility index (Phi) is 7.32. The van der Waals surface area contributed by atoms with Crippen LogP contribution in [0, 0.1) is 0 Å². The zero-order chi connectivity index (χ0) is 24.5. The zero-order valence-electron chi connectivity index (χ0n) is 20.5. The van der Waals surface area contributed by atoms with Crippen LogP contribution in [0.1, 0.15) is 57.1 Å². The molecule has 0 bridgehead atoms. The van der Waals surface area contributed by atoms with Crippen LogP contribution >= 0.6 is 24.0 Å².